The summed E-state index contributed by atoms with van der Waals surface area (Å²) in [5.41, 5.74) is 11.0. The summed E-state index contributed by atoms with van der Waals surface area (Å²) in [5, 5.41) is 0.589. The number of aliphatic imine (C=N–C) groups is 1. The van der Waals surface area contributed by atoms with Crippen LogP contribution in [0.1, 0.15) is 61.3 Å². The molecule has 1 aliphatic heterocycles. The molecule has 6 N–H and O–H groups in total. The number of rotatable bonds is 4. The van der Waals surface area contributed by atoms with Crippen molar-refractivity contribution in [3.8, 4) is 0 Å². The summed E-state index contributed by atoms with van der Waals surface area (Å²) in [7, 11) is 0. The number of pyridine rings is 2. The van der Waals surface area contributed by atoms with Crippen molar-refractivity contribution in [2.24, 2.45) is 4.99 Å². The van der Waals surface area contributed by atoms with Gasteiger partial charge in [0.2, 0.25) is 0 Å². The van der Waals surface area contributed by atoms with Crippen LogP contribution in [0.15, 0.2) is 60.8 Å². The quantitative estimate of drug-likeness (QED) is 0.192. The van der Waals surface area contributed by atoms with Crippen LogP contribution in [0.25, 0.3) is 0 Å². The fourth-order valence-electron chi connectivity index (χ4n) is 4.01. The molecule has 16 heteroatoms. The number of nitrogens with zero attached hydrogens (tertiary/aromatic N) is 5. The first-order chi connectivity index (χ1) is 20.3. The molecule has 43 heavy (non-hydrogen) atoms. The standard InChI is InChI=1S/C14H13ClN4O2.C7H12N4O2.C6H4ClNO/c1-7(2)19-12-9(13(20)18-14(19)21)6-10(17-12)8-4-3-5-16-11(8)15;1-3(2)11-5(9)4(8)6(12)10-7(11)13;7-6-5(4-9)2-1-3-8-6/h3-5,7H,6H2,1-2H3,(H,18,20,21);3H,8-9H2,1-2H3,(H,10,12,13);1-4H. The molecule has 0 bridgehead atoms. The number of halogens is 2. The molecule has 5 heterocycles. The van der Waals surface area contributed by atoms with Crippen LogP contribution < -0.4 is 34.0 Å². The Kier molecular flexibility index (Phi) is 10.6. The highest BCUT2D eigenvalue weighted by molar-refractivity contribution is 6.33. The van der Waals surface area contributed by atoms with Gasteiger partial charge in [0.05, 0.1) is 16.8 Å². The molecule has 4 aromatic rings. The third-order valence-electron chi connectivity index (χ3n) is 6.03. The molecule has 0 fully saturated rings. The van der Waals surface area contributed by atoms with Crippen molar-refractivity contribution < 1.29 is 4.79 Å². The average molecular weight is 630 g/mol. The van der Waals surface area contributed by atoms with Gasteiger partial charge in [0.1, 0.15) is 27.6 Å². The number of carbonyl (C=O) groups excluding carboxylic acids is 1. The number of carbonyl (C=O) groups is 1. The van der Waals surface area contributed by atoms with Crippen molar-refractivity contribution in [2.75, 3.05) is 11.5 Å². The molecule has 0 unspecified atom stereocenters. The lowest BCUT2D eigenvalue weighted by Crippen LogP contribution is -2.34. The Hall–Kier alpha value is -4.82. The number of nitrogens with two attached hydrogens (primary N) is 2. The first-order valence-corrected chi connectivity index (χ1v) is 13.6. The van der Waals surface area contributed by atoms with Gasteiger partial charge in [-0.3, -0.25) is 33.5 Å². The van der Waals surface area contributed by atoms with Gasteiger partial charge in [0.25, 0.3) is 11.1 Å². The zero-order chi connectivity index (χ0) is 32.0. The Balaban J connectivity index is 0.000000196. The smallest absolute Gasteiger partial charge is 0.330 e. The van der Waals surface area contributed by atoms with Gasteiger partial charge in [-0.2, -0.15) is 0 Å². The molecule has 0 saturated heterocycles. The molecule has 226 valence electrons. The highest BCUT2D eigenvalue weighted by atomic mass is 35.5. The zero-order valence-corrected chi connectivity index (χ0v) is 25.1. The Bertz CT molecular complexity index is 1920. The summed E-state index contributed by atoms with van der Waals surface area (Å²) in [4.78, 5) is 72.8. The van der Waals surface area contributed by atoms with Crippen molar-refractivity contribution in [3.05, 3.63) is 105 Å². The maximum Gasteiger partial charge on any atom is 0.330 e. The highest BCUT2D eigenvalue weighted by Crippen LogP contribution is 2.28. The number of nitrogen functional groups attached to an aromatic ring is 2. The molecule has 0 spiro atoms. The van der Waals surface area contributed by atoms with E-state index >= 15 is 0 Å². The van der Waals surface area contributed by atoms with Crippen LogP contribution in [0, 0.1) is 0 Å². The number of aldehydes is 1. The SMILES string of the molecule is CC(C)n1c(N)c(N)c(=O)[nH]c1=O.CC(C)n1c2c(c(=O)[nH]c1=O)CC(c1cccnc1Cl)=N2.O=Cc1cccnc1Cl. The maximum atomic E-state index is 12.0. The van der Waals surface area contributed by atoms with Gasteiger partial charge in [-0.05, 0) is 52.0 Å². The number of nitrogens with one attached hydrogen (secondary N) is 2. The minimum Gasteiger partial charge on any atom is -0.391 e. The fourth-order valence-corrected chi connectivity index (χ4v) is 4.40. The van der Waals surface area contributed by atoms with Gasteiger partial charge in [-0.15, -0.1) is 0 Å². The van der Waals surface area contributed by atoms with E-state index in [1.165, 1.54) is 15.3 Å². The molecule has 0 saturated carbocycles. The number of H-pyrrole nitrogens is 2. The topological polar surface area (TPSA) is 217 Å². The predicted molar refractivity (Wildman–Crippen MR) is 166 cm³/mol. The van der Waals surface area contributed by atoms with Gasteiger partial charge in [-0.1, -0.05) is 23.2 Å². The molecule has 0 aliphatic carbocycles. The summed E-state index contributed by atoms with van der Waals surface area (Å²) >= 11 is 11.6. The van der Waals surface area contributed by atoms with Crippen LogP contribution in [0.4, 0.5) is 17.3 Å². The van der Waals surface area contributed by atoms with Crippen molar-refractivity contribution in [1.29, 1.82) is 0 Å². The molecule has 1 aliphatic rings. The monoisotopic (exact) mass is 629 g/mol. The minimum atomic E-state index is -0.639. The number of fused-ring (bicyclic) bond motifs is 1. The molecule has 0 amide bonds. The van der Waals surface area contributed by atoms with Gasteiger partial charge in [0, 0.05) is 36.5 Å². The number of aromatic nitrogens is 6. The van der Waals surface area contributed by atoms with E-state index in [0.29, 0.717) is 46.1 Å². The van der Waals surface area contributed by atoms with Crippen LogP contribution >= 0.6 is 23.2 Å². The van der Waals surface area contributed by atoms with Crippen molar-refractivity contribution in [3.63, 3.8) is 0 Å². The van der Waals surface area contributed by atoms with Gasteiger partial charge in [0.15, 0.2) is 6.29 Å². The van der Waals surface area contributed by atoms with Crippen LogP contribution in [0.3, 0.4) is 0 Å². The van der Waals surface area contributed by atoms with E-state index in [-0.39, 0.29) is 28.7 Å². The van der Waals surface area contributed by atoms with E-state index in [4.69, 9.17) is 34.7 Å². The van der Waals surface area contributed by atoms with Crippen LogP contribution in [0.5, 0.6) is 0 Å². The van der Waals surface area contributed by atoms with Crippen LogP contribution in [-0.4, -0.2) is 41.1 Å². The fraction of sp³-hybridized carbons (Fsp3) is 0.259. The average Bonchev–Trinajstić information content (AvgIpc) is 3.38. The summed E-state index contributed by atoms with van der Waals surface area (Å²) in [6.07, 6.45) is 4.14. The van der Waals surface area contributed by atoms with E-state index in [1.807, 2.05) is 13.8 Å². The molecular weight excluding hydrogens is 601 g/mol. The molecule has 0 radical (unpaired) electrons. The molecular formula is C27H29Cl2N9O5. The lowest BCUT2D eigenvalue weighted by molar-refractivity contribution is 0.112. The Labute approximate surface area is 254 Å². The number of anilines is 2. The Morgan fingerprint density at radius 1 is 0.860 bits per heavy atom. The van der Waals surface area contributed by atoms with E-state index in [1.54, 1.807) is 44.3 Å². The zero-order valence-electron chi connectivity index (χ0n) is 23.6. The summed E-state index contributed by atoms with van der Waals surface area (Å²) < 4.78 is 2.71. The molecule has 14 nitrogen and oxygen atoms in total. The lowest BCUT2D eigenvalue weighted by atomic mass is 10.1. The second-order valence-corrected chi connectivity index (χ2v) is 10.3. The third-order valence-corrected chi connectivity index (χ3v) is 6.65. The maximum absolute atomic E-state index is 12.0. The minimum absolute atomic E-state index is 0.0174. The molecule has 0 atom stereocenters. The van der Waals surface area contributed by atoms with Crippen LogP contribution in [-0.2, 0) is 6.42 Å². The van der Waals surface area contributed by atoms with E-state index < -0.39 is 22.5 Å². The predicted octanol–water partition coefficient (Wildman–Crippen LogP) is 2.67. The highest BCUT2D eigenvalue weighted by Gasteiger charge is 2.25. The van der Waals surface area contributed by atoms with E-state index in [0.717, 1.165) is 0 Å². The van der Waals surface area contributed by atoms with Crippen molar-refractivity contribution >= 4 is 52.5 Å². The second kappa shape index (κ2) is 13.9. The van der Waals surface area contributed by atoms with Crippen LogP contribution in [0.2, 0.25) is 10.3 Å². The van der Waals surface area contributed by atoms with E-state index in [9.17, 15) is 24.0 Å². The van der Waals surface area contributed by atoms with Gasteiger partial charge >= 0.3 is 11.4 Å². The number of hydrogen-bond donors (Lipinski definition) is 4. The first-order valence-electron chi connectivity index (χ1n) is 12.8. The summed E-state index contributed by atoms with van der Waals surface area (Å²) in [6, 6.07) is 6.60. The Morgan fingerprint density at radius 2 is 1.42 bits per heavy atom. The number of aromatic amines is 2. The summed E-state index contributed by atoms with van der Waals surface area (Å²) in [5.74, 6) is 0.428. The molecule has 0 aromatic carbocycles. The van der Waals surface area contributed by atoms with Gasteiger partial charge < -0.3 is 11.5 Å². The second-order valence-electron chi connectivity index (χ2n) is 9.63. The number of hydrogen-bond acceptors (Lipinski definition) is 10. The largest absolute Gasteiger partial charge is 0.391 e. The molecule has 5 rings (SSSR count). The normalized spacial score (nSPS) is 11.7. The summed E-state index contributed by atoms with van der Waals surface area (Å²) in [6.45, 7) is 7.28. The van der Waals surface area contributed by atoms with E-state index in [2.05, 4.69) is 24.9 Å². The molecule has 4 aromatic heterocycles. The van der Waals surface area contributed by atoms with Crippen molar-refractivity contribution in [1.82, 2.24) is 29.1 Å². The van der Waals surface area contributed by atoms with Crippen molar-refractivity contribution in [2.45, 2.75) is 46.2 Å². The first kappa shape index (κ1) is 32.7. The Morgan fingerprint density at radius 3 is 1.95 bits per heavy atom. The third kappa shape index (κ3) is 7.34. The van der Waals surface area contributed by atoms with Gasteiger partial charge in [-0.25, -0.2) is 24.5 Å². The lowest BCUT2D eigenvalue weighted by Gasteiger charge is -2.13.